The molecule has 1 rings (SSSR count). The van der Waals surface area contributed by atoms with Crippen molar-refractivity contribution in [2.45, 2.75) is 17.6 Å². The maximum atomic E-state index is 11.4. The third-order valence-electron chi connectivity index (χ3n) is 2.28. The van der Waals surface area contributed by atoms with Crippen LogP contribution in [-0.2, 0) is 26.6 Å². The summed E-state index contributed by atoms with van der Waals surface area (Å²) in [6.45, 7) is 1.10. The minimum atomic E-state index is -6.72. The first kappa shape index (κ1) is 24.6. The average Bonchev–Trinajstić information content (AvgIpc) is 2.34. The molecule has 0 aliphatic rings. The highest BCUT2D eigenvalue weighted by atomic mass is 32.3. The van der Waals surface area contributed by atoms with E-state index in [9.17, 15) is 43.2 Å². The molecule has 1 aromatic carbocycles. The summed E-state index contributed by atoms with van der Waals surface area (Å²) in [4.78, 5) is 0. The SMILES string of the molecule is C[N+](C)(C)Cc1ccccc1.O=S(=O)([N-]S(=O)(=O)C(F)(F)F)C(F)(F)F. The Balaban J connectivity index is 0.000000502. The van der Waals surface area contributed by atoms with Gasteiger partial charge in [-0.25, -0.2) is 16.8 Å². The van der Waals surface area contributed by atoms with Crippen molar-refractivity contribution in [1.82, 2.24) is 0 Å². The fraction of sp³-hybridized carbons (Fsp3) is 0.500. The smallest absolute Gasteiger partial charge is 0.421 e. The van der Waals surface area contributed by atoms with Crippen LogP contribution in [0.1, 0.15) is 5.56 Å². The van der Waals surface area contributed by atoms with E-state index in [1.807, 2.05) is 0 Å². The number of halogens is 6. The van der Waals surface area contributed by atoms with Crippen molar-refractivity contribution >= 4 is 20.0 Å². The maximum absolute atomic E-state index is 11.4. The van der Waals surface area contributed by atoms with Crippen LogP contribution < -0.4 is 0 Å². The second-order valence-corrected chi connectivity index (χ2v) is 9.27. The normalized spacial score (nSPS) is 13.7. The highest BCUT2D eigenvalue weighted by Gasteiger charge is 2.46. The molecule has 0 spiro atoms. The van der Waals surface area contributed by atoms with E-state index in [0.717, 1.165) is 15.2 Å². The van der Waals surface area contributed by atoms with Crippen molar-refractivity contribution in [3.8, 4) is 0 Å². The van der Waals surface area contributed by atoms with Crippen LogP contribution in [0.5, 0.6) is 0 Å². The van der Waals surface area contributed by atoms with Gasteiger partial charge in [-0.3, -0.25) is 0 Å². The average molecular weight is 430 g/mol. The Hall–Kier alpha value is -1.38. The molecule has 152 valence electrons. The number of alkyl halides is 6. The number of quaternary nitrogens is 1. The fourth-order valence-electron chi connectivity index (χ4n) is 1.34. The van der Waals surface area contributed by atoms with E-state index in [1.165, 1.54) is 5.56 Å². The molecule has 0 unspecified atom stereocenters. The fourth-order valence-corrected chi connectivity index (χ4v) is 3.05. The molecule has 1 aromatic rings. The molecule has 0 heterocycles. The monoisotopic (exact) mass is 430 g/mol. The predicted molar refractivity (Wildman–Crippen MR) is 81.5 cm³/mol. The Kier molecular flexibility index (Phi) is 7.67. The lowest BCUT2D eigenvalue weighted by atomic mass is 10.2. The molecule has 0 saturated heterocycles. The van der Waals surface area contributed by atoms with Crippen molar-refractivity contribution < 1.29 is 47.7 Å². The first-order valence-corrected chi connectivity index (χ1v) is 9.38. The van der Waals surface area contributed by atoms with E-state index in [1.54, 1.807) is 0 Å². The van der Waals surface area contributed by atoms with Gasteiger partial charge in [0.05, 0.1) is 21.1 Å². The van der Waals surface area contributed by atoms with Crippen LogP contribution >= 0.6 is 0 Å². The van der Waals surface area contributed by atoms with E-state index in [2.05, 4.69) is 51.5 Å². The Bertz CT molecular complexity index is 740. The van der Waals surface area contributed by atoms with Crippen molar-refractivity contribution in [2.24, 2.45) is 0 Å². The third kappa shape index (κ3) is 8.33. The van der Waals surface area contributed by atoms with Crippen LogP contribution in [0.3, 0.4) is 0 Å². The standard InChI is InChI=1S/C10H16N.C2F6NO4S2/c1-11(2,3)9-10-7-5-4-6-8-10;3-1(4,5)14(10,11)9-15(12,13)2(6,7)8/h4-8H,9H2,1-3H3;/q+1;-1. The lowest BCUT2D eigenvalue weighted by molar-refractivity contribution is -0.884. The Morgan fingerprint density at radius 2 is 1.15 bits per heavy atom. The molecule has 0 saturated carbocycles. The summed E-state index contributed by atoms with van der Waals surface area (Å²) >= 11 is 0. The van der Waals surface area contributed by atoms with Crippen molar-refractivity contribution in [3.05, 3.63) is 40.0 Å². The molecule has 0 bridgehead atoms. The zero-order chi connectivity index (χ0) is 21.0. The van der Waals surface area contributed by atoms with Crippen molar-refractivity contribution in [1.29, 1.82) is 0 Å². The summed E-state index contributed by atoms with van der Waals surface area (Å²) in [5.41, 5.74) is -11.0. The minimum absolute atomic E-state index is 0.778. The van der Waals surface area contributed by atoms with Gasteiger partial charge in [0, 0.05) is 5.56 Å². The second-order valence-electron chi connectivity index (χ2n) is 5.85. The second kappa shape index (κ2) is 8.10. The quantitative estimate of drug-likeness (QED) is 0.543. The largest absolute Gasteiger partial charge is 0.480 e. The van der Waals surface area contributed by atoms with E-state index in [0.29, 0.717) is 0 Å². The first-order chi connectivity index (χ1) is 11.3. The van der Waals surface area contributed by atoms with Crippen LogP contribution in [0.15, 0.2) is 30.3 Å². The minimum Gasteiger partial charge on any atom is -0.421 e. The molecule has 0 fully saturated rings. The molecule has 0 aliphatic heterocycles. The molecule has 0 N–H and O–H groups in total. The molecule has 0 aromatic heterocycles. The molecule has 0 atom stereocenters. The van der Waals surface area contributed by atoms with Gasteiger partial charge < -0.3 is 8.61 Å². The summed E-state index contributed by atoms with van der Waals surface area (Å²) in [5.74, 6) is 0. The highest BCUT2D eigenvalue weighted by molar-refractivity contribution is 8.13. The number of benzene rings is 1. The third-order valence-corrected chi connectivity index (χ3v) is 5.02. The van der Waals surface area contributed by atoms with Gasteiger partial charge in [-0.05, 0) is 0 Å². The Morgan fingerprint density at radius 3 is 1.42 bits per heavy atom. The molecule has 0 radical (unpaired) electrons. The number of rotatable bonds is 4. The van der Waals surface area contributed by atoms with Crippen molar-refractivity contribution in [3.63, 3.8) is 0 Å². The van der Waals surface area contributed by atoms with Gasteiger partial charge in [-0.1, -0.05) is 30.3 Å². The van der Waals surface area contributed by atoms with Crippen LogP contribution in [0.25, 0.3) is 4.13 Å². The van der Waals surface area contributed by atoms with Gasteiger partial charge in [-0.2, -0.15) is 26.3 Å². The van der Waals surface area contributed by atoms with Gasteiger partial charge >= 0.3 is 11.0 Å². The Labute approximate surface area is 147 Å². The zero-order valence-electron chi connectivity index (χ0n) is 13.7. The molecule has 26 heavy (non-hydrogen) atoms. The molecule has 0 amide bonds. The first-order valence-electron chi connectivity index (χ1n) is 6.50. The van der Waals surface area contributed by atoms with Crippen molar-refractivity contribution in [2.75, 3.05) is 21.1 Å². The number of hydrogen-bond donors (Lipinski definition) is 0. The molecule has 0 aliphatic carbocycles. The van der Waals surface area contributed by atoms with Gasteiger partial charge in [0.15, 0.2) is 20.0 Å². The summed E-state index contributed by atoms with van der Waals surface area (Å²) in [6, 6.07) is 10.6. The van der Waals surface area contributed by atoms with Crippen LogP contribution in [0.2, 0.25) is 0 Å². The summed E-state index contributed by atoms with van der Waals surface area (Å²) in [5, 5.41) is 0. The molecular formula is C12H16F6N2O4S2. The maximum Gasteiger partial charge on any atom is 0.480 e. The predicted octanol–water partition coefficient (Wildman–Crippen LogP) is 2.95. The number of sulfonamides is 2. The van der Waals surface area contributed by atoms with Gasteiger partial charge in [0.2, 0.25) is 0 Å². The molecule has 6 nitrogen and oxygen atoms in total. The summed E-state index contributed by atoms with van der Waals surface area (Å²) in [6.07, 6.45) is 0. The van der Waals surface area contributed by atoms with Gasteiger partial charge in [0.1, 0.15) is 6.54 Å². The van der Waals surface area contributed by atoms with Crippen LogP contribution in [-0.4, -0.2) is 53.5 Å². The summed E-state index contributed by atoms with van der Waals surface area (Å²) in [7, 11) is -6.84. The zero-order valence-corrected chi connectivity index (χ0v) is 15.3. The van der Waals surface area contributed by atoms with E-state index in [-0.39, 0.29) is 0 Å². The van der Waals surface area contributed by atoms with E-state index < -0.39 is 31.1 Å². The Morgan fingerprint density at radius 1 is 0.808 bits per heavy atom. The lowest BCUT2D eigenvalue weighted by Gasteiger charge is -2.23. The number of hydrogen-bond acceptors (Lipinski definition) is 4. The molecule has 14 heteroatoms. The van der Waals surface area contributed by atoms with Crippen LogP contribution in [0.4, 0.5) is 26.3 Å². The van der Waals surface area contributed by atoms with Crippen LogP contribution in [0, 0.1) is 0 Å². The highest BCUT2D eigenvalue weighted by Crippen LogP contribution is 2.36. The van der Waals surface area contributed by atoms with E-state index in [4.69, 9.17) is 0 Å². The van der Waals surface area contributed by atoms with E-state index >= 15 is 0 Å². The van der Waals surface area contributed by atoms with Gasteiger partial charge in [0.25, 0.3) is 0 Å². The lowest BCUT2D eigenvalue weighted by Crippen LogP contribution is -2.33. The summed E-state index contributed by atoms with van der Waals surface area (Å²) < 4.78 is 110. The number of nitrogens with zero attached hydrogens (tertiary/aromatic N) is 2. The topological polar surface area (TPSA) is 82.4 Å². The van der Waals surface area contributed by atoms with Gasteiger partial charge in [-0.15, -0.1) is 0 Å². The molecular weight excluding hydrogens is 414 g/mol.